The van der Waals surface area contributed by atoms with Gasteiger partial charge in [-0.25, -0.2) is 13.2 Å². The Hall–Kier alpha value is -3.07. The van der Waals surface area contributed by atoms with E-state index in [1.807, 2.05) is 0 Å². The van der Waals surface area contributed by atoms with Gasteiger partial charge in [-0.05, 0) is 30.3 Å². The molecule has 142 valence electrons. The molecule has 0 spiro atoms. The van der Waals surface area contributed by atoms with Gasteiger partial charge in [-0.15, -0.1) is 0 Å². The second-order valence-corrected chi connectivity index (χ2v) is 7.84. The van der Waals surface area contributed by atoms with E-state index in [2.05, 4.69) is 4.74 Å². The molecule has 2 aromatic carbocycles. The Morgan fingerprint density at radius 3 is 2.30 bits per heavy atom. The zero-order chi connectivity index (χ0) is 19.8. The number of aryl methyl sites for hydroxylation is 2. The number of esters is 1. The van der Waals surface area contributed by atoms with E-state index in [9.17, 15) is 18.0 Å². The van der Waals surface area contributed by atoms with E-state index in [0.29, 0.717) is 16.7 Å². The van der Waals surface area contributed by atoms with Crippen LogP contribution in [0.3, 0.4) is 0 Å². The summed E-state index contributed by atoms with van der Waals surface area (Å²) >= 11 is 0. The highest BCUT2D eigenvalue weighted by molar-refractivity contribution is 7.92. The first-order chi connectivity index (χ1) is 12.8. The molecule has 1 aromatic heterocycles. The summed E-state index contributed by atoms with van der Waals surface area (Å²) in [6, 6.07) is 12.7. The average molecular weight is 389 g/mol. The molecular weight excluding hydrogens is 370 g/mol. The molecule has 0 radical (unpaired) electrons. The third-order valence-corrected chi connectivity index (χ3v) is 6.15. The third kappa shape index (κ3) is 3.21. The topological polar surface area (TPSA) is 90.6 Å². The van der Waals surface area contributed by atoms with Crippen molar-refractivity contribution in [2.45, 2.75) is 4.90 Å². The number of aromatic nitrogens is 2. The molecule has 8 nitrogen and oxygen atoms in total. The number of nitrogens with zero attached hydrogens (tertiary/aromatic N) is 3. The predicted octanol–water partition coefficient (Wildman–Crippen LogP) is 1.25. The molecular formula is C18H19N3O5S. The molecule has 27 heavy (non-hydrogen) atoms. The van der Waals surface area contributed by atoms with Crippen molar-refractivity contribution in [1.82, 2.24) is 9.13 Å². The van der Waals surface area contributed by atoms with Gasteiger partial charge in [0, 0.05) is 14.1 Å². The number of ether oxygens (including phenoxy) is 1. The van der Waals surface area contributed by atoms with Crippen LogP contribution in [0.5, 0.6) is 0 Å². The number of fused-ring (bicyclic) bond motifs is 1. The summed E-state index contributed by atoms with van der Waals surface area (Å²) < 4.78 is 35.0. The van der Waals surface area contributed by atoms with Gasteiger partial charge in [-0.3, -0.25) is 18.2 Å². The largest absolute Gasteiger partial charge is 0.468 e. The number of benzene rings is 2. The highest BCUT2D eigenvalue weighted by Crippen LogP contribution is 2.25. The maximum Gasteiger partial charge on any atom is 0.328 e. The number of carbonyl (C=O) groups is 1. The fourth-order valence-electron chi connectivity index (χ4n) is 2.87. The number of hydrogen-bond acceptors (Lipinski definition) is 5. The lowest BCUT2D eigenvalue weighted by Crippen LogP contribution is -2.36. The van der Waals surface area contributed by atoms with E-state index < -0.39 is 22.5 Å². The van der Waals surface area contributed by atoms with Crippen LogP contribution in [0.2, 0.25) is 0 Å². The van der Waals surface area contributed by atoms with Gasteiger partial charge >= 0.3 is 11.7 Å². The van der Waals surface area contributed by atoms with Gasteiger partial charge in [0.1, 0.15) is 6.54 Å². The van der Waals surface area contributed by atoms with Crippen LogP contribution in [0, 0.1) is 0 Å². The van der Waals surface area contributed by atoms with Crippen molar-refractivity contribution in [2.75, 3.05) is 18.0 Å². The zero-order valence-corrected chi connectivity index (χ0v) is 15.9. The summed E-state index contributed by atoms with van der Waals surface area (Å²) in [5, 5.41) is 0. The number of sulfonamides is 1. The molecule has 0 saturated carbocycles. The number of imidazole rings is 1. The zero-order valence-electron chi connectivity index (χ0n) is 15.1. The molecule has 9 heteroatoms. The summed E-state index contributed by atoms with van der Waals surface area (Å²) in [7, 11) is 0.326. The molecule has 0 aliphatic heterocycles. The van der Waals surface area contributed by atoms with Gasteiger partial charge in [0.05, 0.1) is 28.7 Å². The SMILES string of the molecule is COC(=O)CN(c1ccccc1)S(=O)(=O)c1ccc2c(c1)n(C)c(=O)n2C. The predicted molar refractivity (Wildman–Crippen MR) is 101 cm³/mol. The Kier molecular flexibility index (Phi) is 4.79. The van der Waals surface area contributed by atoms with Crippen molar-refractivity contribution in [2.24, 2.45) is 14.1 Å². The van der Waals surface area contributed by atoms with Crippen molar-refractivity contribution >= 4 is 32.7 Å². The van der Waals surface area contributed by atoms with Crippen molar-refractivity contribution in [3.63, 3.8) is 0 Å². The fourth-order valence-corrected chi connectivity index (χ4v) is 4.30. The monoisotopic (exact) mass is 389 g/mol. The van der Waals surface area contributed by atoms with E-state index >= 15 is 0 Å². The summed E-state index contributed by atoms with van der Waals surface area (Å²) in [4.78, 5) is 23.9. The van der Waals surface area contributed by atoms with Gasteiger partial charge in [0.15, 0.2) is 0 Å². The van der Waals surface area contributed by atoms with Crippen molar-refractivity contribution in [1.29, 1.82) is 0 Å². The minimum Gasteiger partial charge on any atom is -0.468 e. The second-order valence-electron chi connectivity index (χ2n) is 5.97. The number of anilines is 1. The maximum absolute atomic E-state index is 13.3. The fraction of sp³-hybridized carbons (Fsp3) is 0.222. The van der Waals surface area contributed by atoms with Crippen LogP contribution in [0.15, 0.2) is 58.2 Å². The third-order valence-electron chi connectivity index (χ3n) is 4.38. The molecule has 0 N–H and O–H groups in total. The van der Waals surface area contributed by atoms with E-state index in [-0.39, 0.29) is 10.6 Å². The van der Waals surface area contributed by atoms with Crippen molar-refractivity contribution in [3.8, 4) is 0 Å². The summed E-state index contributed by atoms with van der Waals surface area (Å²) in [6.07, 6.45) is 0. The lowest BCUT2D eigenvalue weighted by molar-refractivity contribution is -0.138. The molecule has 1 heterocycles. The Balaban J connectivity index is 2.17. The molecule has 0 fully saturated rings. The number of rotatable bonds is 5. The quantitative estimate of drug-likeness (QED) is 0.613. The van der Waals surface area contributed by atoms with Gasteiger partial charge in [-0.2, -0.15) is 0 Å². The Morgan fingerprint density at radius 1 is 1.04 bits per heavy atom. The molecule has 0 bridgehead atoms. The van der Waals surface area contributed by atoms with Crippen LogP contribution >= 0.6 is 0 Å². The molecule has 0 saturated heterocycles. The van der Waals surface area contributed by atoms with Gasteiger partial charge in [0.2, 0.25) is 0 Å². The Bertz CT molecular complexity index is 1160. The minimum absolute atomic E-state index is 0.0241. The summed E-state index contributed by atoms with van der Waals surface area (Å²) in [5.41, 5.74) is 1.18. The number of methoxy groups -OCH3 is 1. The average Bonchev–Trinajstić information content (AvgIpc) is 2.90. The van der Waals surface area contributed by atoms with E-state index in [0.717, 1.165) is 4.31 Å². The van der Waals surface area contributed by atoms with E-state index in [1.165, 1.54) is 28.4 Å². The van der Waals surface area contributed by atoms with Crippen LogP contribution in [-0.4, -0.2) is 37.2 Å². The van der Waals surface area contributed by atoms with Crippen LogP contribution in [0.4, 0.5) is 5.69 Å². The highest BCUT2D eigenvalue weighted by atomic mass is 32.2. The first kappa shape index (κ1) is 18.7. The van der Waals surface area contributed by atoms with Crippen LogP contribution in [0.25, 0.3) is 11.0 Å². The van der Waals surface area contributed by atoms with Crippen LogP contribution < -0.4 is 9.99 Å². The summed E-state index contributed by atoms with van der Waals surface area (Å²) in [5.74, 6) is -0.685. The molecule has 0 atom stereocenters. The second kappa shape index (κ2) is 6.92. The Morgan fingerprint density at radius 2 is 1.67 bits per heavy atom. The van der Waals surface area contributed by atoms with Gasteiger partial charge in [0.25, 0.3) is 10.0 Å². The standard InChI is InChI=1S/C18H19N3O5S/c1-19-15-10-9-14(11-16(15)20(2)18(19)23)27(24,25)21(12-17(22)26-3)13-7-5-4-6-8-13/h4-11H,12H2,1-3H3. The van der Waals surface area contributed by atoms with Gasteiger partial charge in [-0.1, -0.05) is 18.2 Å². The summed E-state index contributed by atoms with van der Waals surface area (Å²) in [6.45, 7) is -0.464. The molecule has 0 aliphatic rings. The normalized spacial score (nSPS) is 11.5. The molecule has 3 aromatic rings. The lowest BCUT2D eigenvalue weighted by Gasteiger charge is -2.23. The maximum atomic E-state index is 13.3. The number of para-hydroxylation sites is 1. The Labute approximate surface area is 156 Å². The molecule has 0 aliphatic carbocycles. The van der Waals surface area contributed by atoms with Crippen molar-refractivity contribution < 1.29 is 17.9 Å². The van der Waals surface area contributed by atoms with Crippen LogP contribution in [0.1, 0.15) is 0 Å². The number of hydrogen-bond donors (Lipinski definition) is 0. The smallest absolute Gasteiger partial charge is 0.328 e. The van der Waals surface area contributed by atoms with Crippen LogP contribution in [-0.2, 0) is 33.7 Å². The number of carbonyl (C=O) groups excluding carboxylic acids is 1. The molecule has 0 amide bonds. The molecule has 3 rings (SSSR count). The minimum atomic E-state index is -4.06. The van der Waals surface area contributed by atoms with Crippen molar-refractivity contribution in [3.05, 3.63) is 59.0 Å². The highest BCUT2D eigenvalue weighted by Gasteiger charge is 2.28. The van der Waals surface area contributed by atoms with Gasteiger partial charge < -0.3 is 4.74 Å². The first-order valence-electron chi connectivity index (χ1n) is 8.07. The molecule has 0 unspecified atom stereocenters. The first-order valence-corrected chi connectivity index (χ1v) is 9.51. The van der Waals surface area contributed by atoms with E-state index in [1.54, 1.807) is 50.5 Å². The van der Waals surface area contributed by atoms with E-state index in [4.69, 9.17) is 0 Å². The lowest BCUT2D eigenvalue weighted by atomic mass is 10.3.